The van der Waals surface area contributed by atoms with Gasteiger partial charge in [-0.1, -0.05) is 48.0 Å². The van der Waals surface area contributed by atoms with E-state index in [0.29, 0.717) is 11.3 Å². The Morgan fingerprint density at radius 3 is 2.28 bits per heavy atom. The third kappa shape index (κ3) is 4.59. The van der Waals surface area contributed by atoms with E-state index in [4.69, 9.17) is 4.74 Å². The molecule has 0 bridgehead atoms. The molecule has 0 aromatic heterocycles. The van der Waals surface area contributed by atoms with Crippen molar-refractivity contribution < 1.29 is 19.4 Å². The van der Waals surface area contributed by atoms with E-state index in [1.165, 1.54) is 0 Å². The molecule has 5 heteroatoms. The van der Waals surface area contributed by atoms with E-state index < -0.39 is 17.5 Å². The summed E-state index contributed by atoms with van der Waals surface area (Å²) in [6.45, 7) is 5.18. The number of carbonyl (C=O) groups is 2. The van der Waals surface area contributed by atoms with E-state index in [2.05, 4.69) is 5.32 Å². The Morgan fingerprint density at radius 2 is 1.72 bits per heavy atom. The maximum atomic E-state index is 12.3. The molecule has 0 saturated carbocycles. The molecule has 0 fully saturated rings. The Morgan fingerprint density at radius 1 is 1.12 bits per heavy atom. The summed E-state index contributed by atoms with van der Waals surface area (Å²) in [5, 5.41) is 12.3. The molecule has 0 aliphatic rings. The standard InChI is InChI=1S/C20H23NO4/c1-14-9-11-17(12-10-14)25-15(2)18(22)21-13-20(3,19(23)24)16-7-5-4-6-8-16/h4-12,15H,13H2,1-3H3,(H,21,22)(H,23,24). The van der Waals surface area contributed by atoms with Crippen molar-refractivity contribution in [3.63, 3.8) is 0 Å². The minimum Gasteiger partial charge on any atom is -0.481 e. The number of ether oxygens (including phenoxy) is 1. The normalized spacial score (nSPS) is 14.2. The zero-order valence-electron chi connectivity index (χ0n) is 14.7. The summed E-state index contributed by atoms with van der Waals surface area (Å²) in [6.07, 6.45) is -0.725. The molecule has 1 amide bonds. The summed E-state index contributed by atoms with van der Waals surface area (Å²) in [6, 6.07) is 16.3. The Balaban J connectivity index is 2.01. The fourth-order valence-electron chi connectivity index (χ4n) is 2.39. The summed E-state index contributed by atoms with van der Waals surface area (Å²) in [5.74, 6) is -0.757. The maximum absolute atomic E-state index is 12.3. The van der Waals surface area contributed by atoms with Gasteiger partial charge in [0.15, 0.2) is 6.10 Å². The van der Waals surface area contributed by atoms with E-state index in [-0.39, 0.29) is 12.5 Å². The number of rotatable bonds is 7. The molecule has 0 saturated heterocycles. The van der Waals surface area contributed by atoms with Crippen LogP contribution in [0.15, 0.2) is 54.6 Å². The van der Waals surface area contributed by atoms with Crippen LogP contribution >= 0.6 is 0 Å². The van der Waals surface area contributed by atoms with Crippen LogP contribution in [0.25, 0.3) is 0 Å². The highest BCUT2D eigenvalue weighted by molar-refractivity contribution is 5.84. The predicted molar refractivity (Wildman–Crippen MR) is 95.7 cm³/mol. The first-order chi connectivity index (χ1) is 11.8. The number of amides is 1. The highest BCUT2D eigenvalue weighted by atomic mass is 16.5. The highest BCUT2D eigenvalue weighted by Crippen LogP contribution is 2.23. The molecule has 132 valence electrons. The van der Waals surface area contributed by atoms with Gasteiger partial charge in [-0.2, -0.15) is 0 Å². The van der Waals surface area contributed by atoms with Crippen LogP contribution in [0, 0.1) is 6.92 Å². The second kappa shape index (κ2) is 7.83. The molecule has 0 spiro atoms. The lowest BCUT2D eigenvalue weighted by Gasteiger charge is -2.26. The van der Waals surface area contributed by atoms with E-state index in [1.54, 1.807) is 50.2 Å². The molecule has 0 radical (unpaired) electrons. The Hall–Kier alpha value is -2.82. The number of nitrogens with one attached hydrogen (secondary N) is 1. The topological polar surface area (TPSA) is 75.6 Å². The molecule has 25 heavy (non-hydrogen) atoms. The SMILES string of the molecule is Cc1ccc(OC(C)C(=O)NCC(C)(C(=O)O)c2ccccc2)cc1. The van der Waals surface area contributed by atoms with Crippen molar-refractivity contribution in [2.24, 2.45) is 0 Å². The average Bonchev–Trinajstić information content (AvgIpc) is 2.61. The summed E-state index contributed by atoms with van der Waals surface area (Å²) >= 11 is 0. The molecule has 5 nitrogen and oxygen atoms in total. The van der Waals surface area contributed by atoms with Gasteiger partial charge >= 0.3 is 5.97 Å². The second-order valence-electron chi connectivity index (χ2n) is 6.29. The molecular formula is C20H23NO4. The van der Waals surface area contributed by atoms with Crippen LogP contribution in [0.3, 0.4) is 0 Å². The van der Waals surface area contributed by atoms with Crippen LogP contribution in [0.4, 0.5) is 0 Å². The molecule has 2 rings (SSSR count). The molecule has 2 N–H and O–H groups in total. The monoisotopic (exact) mass is 341 g/mol. The maximum Gasteiger partial charge on any atom is 0.315 e. The van der Waals surface area contributed by atoms with E-state index >= 15 is 0 Å². The van der Waals surface area contributed by atoms with Gasteiger partial charge in [0.2, 0.25) is 0 Å². The molecule has 2 unspecified atom stereocenters. The number of carboxylic acids is 1. The first-order valence-corrected chi connectivity index (χ1v) is 8.13. The van der Waals surface area contributed by atoms with Crippen LogP contribution in [0.2, 0.25) is 0 Å². The lowest BCUT2D eigenvalue weighted by atomic mass is 9.82. The number of benzene rings is 2. The van der Waals surface area contributed by atoms with Gasteiger partial charge in [0, 0.05) is 6.54 Å². The Labute approximate surface area is 147 Å². The van der Waals surface area contributed by atoms with Crippen molar-refractivity contribution in [1.29, 1.82) is 0 Å². The predicted octanol–water partition coefficient (Wildman–Crippen LogP) is 2.92. The van der Waals surface area contributed by atoms with Gasteiger partial charge in [-0.25, -0.2) is 0 Å². The number of hydrogen-bond donors (Lipinski definition) is 2. The quantitative estimate of drug-likeness (QED) is 0.812. The first-order valence-electron chi connectivity index (χ1n) is 8.13. The number of hydrogen-bond acceptors (Lipinski definition) is 3. The Bertz CT molecular complexity index is 727. The van der Waals surface area contributed by atoms with Crippen molar-refractivity contribution in [2.75, 3.05) is 6.54 Å². The average molecular weight is 341 g/mol. The zero-order chi connectivity index (χ0) is 18.4. The molecular weight excluding hydrogens is 318 g/mol. The fraction of sp³-hybridized carbons (Fsp3) is 0.300. The van der Waals surface area contributed by atoms with Crippen LogP contribution in [-0.4, -0.2) is 29.6 Å². The van der Waals surface area contributed by atoms with Crippen LogP contribution in [0.5, 0.6) is 5.75 Å². The number of carboxylic acid groups (broad SMARTS) is 1. The molecule has 0 heterocycles. The second-order valence-corrected chi connectivity index (χ2v) is 6.29. The minimum absolute atomic E-state index is 0.0211. The molecule has 0 aliphatic carbocycles. The fourth-order valence-corrected chi connectivity index (χ4v) is 2.39. The summed E-state index contributed by atoms with van der Waals surface area (Å²) < 4.78 is 5.60. The van der Waals surface area contributed by atoms with Crippen LogP contribution < -0.4 is 10.1 Å². The minimum atomic E-state index is -1.21. The smallest absolute Gasteiger partial charge is 0.315 e. The van der Waals surface area contributed by atoms with Gasteiger partial charge in [-0.05, 0) is 38.5 Å². The van der Waals surface area contributed by atoms with Gasteiger partial charge in [0.25, 0.3) is 5.91 Å². The Kier molecular flexibility index (Phi) is 5.80. The molecule has 2 atom stereocenters. The lowest BCUT2D eigenvalue weighted by molar-refractivity contribution is -0.143. The summed E-state index contributed by atoms with van der Waals surface area (Å²) in [4.78, 5) is 24.0. The summed E-state index contributed by atoms with van der Waals surface area (Å²) in [7, 11) is 0. The zero-order valence-corrected chi connectivity index (χ0v) is 14.7. The summed E-state index contributed by atoms with van der Waals surface area (Å²) in [5.41, 5.74) is 0.528. The third-order valence-corrected chi connectivity index (χ3v) is 4.20. The molecule has 2 aromatic rings. The molecule has 0 aliphatic heterocycles. The van der Waals surface area contributed by atoms with Crippen molar-refractivity contribution in [2.45, 2.75) is 32.3 Å². The van der Waals surface area contributed by atoms with Crippen LogP contribution in [-0.2, 0) is 15.0 Å². The van der Waals surface area contributed by atoms with E-state index in [1.807, 2.05) is 25.1 Å². The van der Waals surface area contributed by atoms with Crippen LogP contribution in [0.1, 0.15) is 25.0 Å². The van der Waals surface area contributed by atoms with Crippen molar-refractivity contribution in [3.05, 3.63) is 65.7 Å². The van der Waals surface area contributed by atoms with Gasteiger partial charge in [0.05, 0.1) is 0 Å². The van der Waals surface area contributed by atoms with Crippen molar-refractivity contribution >= 4 is 11.9 Å². The number of carbonyl (C=O) groups excluding carboxylic acids is 1. The molecule has 2 aromatic carbocycles. The first kappa shape index (κ1) is 18.5. The lowest BCUT2D eigenvalue weighted by Crippen LogP contribution is -2.47. The largest absolute Gasteiger partial charge is 0.481 e. The van der Waals surface area contributed by atoms with Gasteiger partial charge in [-0.15, -0.1) is 0 Å². The number of aryl methyl sites for hydroxylation is 1. The highest BCUT2D eigenvalue weighted by Gasteiger charge is 2.36. The van der Waals surface area contributed by atoms with Gasteiger partial charge in [-0.3, -0.25) is 9.59 Å². The van der Waals surface area contributed by atoms with Crippen molar-refractivity contribution in [3.8, 4) is 5.75 Å². The van der Waals surface area contributed by atoms with E-state index in [0.717, 1.165) is 5.56 Å². The number of aliphatic carboxylic acids is 1. The third-order valence-electron chi connectivity index (χ3n) is 4.20. The van der Waals surface area contributed by atoms with E-state index in [9.17, 15) is 14.7 Å². The van der Waals surface area contributed by atoms with Gasteiger partial charge < -0.3 is 15.2 Å². The van der Waals surface area contributed by atoms with Crippen molar-refractivity contribution in [1.82, 2.24) is 5.32 Å². The van der Waals surface area contributed by atoms with Gasteiger partial charge in [0.1, 0.15) is 11.2 Å².